The summed E-state index contributed by atoms with van der Waals surface area (Å²) in [5, 5.41) is 9.58. The molecular formula is C40H41N3O5. The third-order valence-corrected chi connectivity index (χ3v) is 9.88. The number of nitrogens with zero attached hydrogens (tertiary/aromatic N) is 3. The van der Waals surface area contributed by atoms with E-state index in [-0.39, 0.29) is 17.6 Å². The molecule has 0 unspecified atom stereocenters. The van der Waals surface area contributed by atoms with Crippen molar-refractivity contribution in [1.29, 1.82) is 0 Å². The second kappa shape index (κ2) is 14.0. The first-order chi connectivity index (χ1) is 23.5. The number of benzene rings is 4. The molecule has 4 aromatic carbocycles. The number of rotatable bonds is 9. The van der Waals surface area contributed by atoms with Crippen LogP contribution in [0.3, 0.4) is 0 Å². The number of imidazole rings is 1. The Hall–Kier alpha value is -4.95. The minimum Gasteiger partial charge on any atom is -0.489 e. The third-order valence-electron chi connectivity index (χ3n) is 9.88. The van der Waals surface area contributed by atoms with Gasteiger partial charge in [-0.05, 0) is 97.0 Å². The molecule has 8 heteroatoms. The van der Waals surface area contributed by atoms with Crippen LogP contribution in [0.1, 0.15) is 77.3 Å². The quantitative estimate of drug-likeness (QED) is 0.173. The number of piperidine rings is 1. The summed E-state index contributed by atoms with van der Waals surface area (Å²) >= 11 is 0. The van der Waals surface area contributed by atoms with Crippen molar-refractivity contribution < 1.29 is 24.2 Å². The van der Waals surface area contributed by atoms with E-state index in [0.29, 0.717) is 42.6 Å². The number of aromatic nitrogens is 2. The van der Waals surface area contributed by atoms with Gasteiger partial charge in [-0.15, -0.1) is 0 Å². The SMILES string of the molecule is COC1CCN(C(=O)c2ccc(-c3ccccc3)c(COc3ccc(-c4nc5cc(C(=O)O)ccc5n4C4CCCCC4)cc3)c2)CC1. The fourth-order valence-corrected chi connectivity index (χ4v) is 7.23. The molecule has 2 heterocycles. The maximum Gasteiger partial charge on any atom is 0.335 e. The molecule has 1 N–H and O–H groups in total. The maximum absolute atomic E-state index is 13.5. The van der Waals surface area contributed by atoms with Gasteiger partial charge in [-0.3, -0.25) is 4.79 Å². The Morgan fingerprint density at radius 2 is 1.54 bits per heavy atom. The van der Waals surface area contributed by atoms with Gasteiger partial charge in [-0.25, -0.2) is 9.78 Å². The molecular weight excluding hydrogens is 602 g/mol. The van der Waals surface area contributed by atoms with Crippen LogP contribution in [0.5, 0.6) is 5.75 Å². The van der Waals surface area contributed by atoms with Crippen molar-refractivity contribution in [3.8, 4) is 28.3 Å². The van der Waals surface area contributed by atoms with Crippen molar-refractivity contribution in [3.63, 3.8) is 0 Å². The molecule has 2 aliphatic rings. The monoisotopic (exact) mass is 643 g/mol. The second-order valence-corrected chi connectivity index (χ2v) is 12.9. The summed E-state index contributed by atoms with van der Waals surface area (Å²) in [5.41, 5.74) is 6.55. The predicted octanol–water partition coefficient (Wildman–Crippen LogP) is 8.40. The van der Waals surface area contributed by atoms with Crippen LogP contribution in [0.15, 0.2) is 91.0 Å². The van der Waals surface area contributed by atoms with Crippen molar-refractivity contribution in [1.82, 2.24) is 14.5 Å². The molecule has 1 aromatic heterocycles. The summed E-state index contributed by atoms with van der Waals surface area (Å²) in [4.78, 5) is 32.1. The number of fused-ring (bicyclic) bond motifs is 1. The lowest BCUT2D eigenvalue weighted by molar-refractivity contribution is 0.0350. The van der Waals surface area contributed by atoms with Crippen LogP contribution in [0, 0.1) is 0 Å². The van der Waals surface area contributed by atoms with Gasteiger partial charge >= 0.3 is 5.97 Å². The molecule has 1 aliphatic heterocycles. The van der Waals surface area contributed by atoms with E-state index >= 15 is 0 Å². The number of aromatic carboxylic acids is 1. The Balaban J connectivity index is 1.15. The number of likely N-dealkylation sites (tertiary alicyclic amines) is 1. The zero-order valence-corrected chi connectivity index (χ0v) is 27.3. The minimum atomic E-state index is -0.954. The molecule has 1 saturated carbocycles. The molecule has 5 aromatic rings. The van der Waals surface area contributed by atoms with Gasteiger partial charge in [0.25, 0.3) is 5.91 Å². The highest BCUT2D eigenvalue weighted by Gasteiger charge is 2.25. The Kier molecular flexibility index (Phi) is 9.25. The van der Waals surface area contributed by atoms with E-state index < -0.39 is 5.97 Å². The highest BCUT2D eigenvalue weighted by atomic mass is 16.5. The number of carbonyl (C=O) groups excluding carboxylic acids is 1. The molecule has 0 bridgehead atoms. The molecule has 0 radical (unpaired) electrons. The van der Waals surface area contributed by atoms with Gasteiger partial charge in [-0.1, -0.05) is 55.7 Å². The molecule has 1 aliphatic carbocycles. The van der Waals surface area contributed by atoms with E-state index in [4.69, 9.17) is 14.5 Å². The van der Waals surface area contributed by atoms with E-state index in [9.17, 15) is 14.7 Å². The van der Waals surface area contributed by atoms with Crippen molar-refractivity contribution in [2.45, 2.75) is 63.7 Å². The number of carboxylic acids is 1. The molecule has 246 valence electrons. The highest BCUT2D eigenvalue weighted by molar-refractivity contribution is 5.95. The van der Waals surface area contributed by atoms with Crippen molar-refractivity contribution in [3.05, 3.63) is 108 Å². The number of hydrogen-bond donors (Lipinski definition) is 1. The first-order valence-electron chi connectivity index (χ1n) is 17.0. The summed E-state index contributed by atoms with van der Waals surface area (Å²) in [6, 6.07) is 29.6. The van der Waals surface area contributed by atoms with Crippen LogP contribution in [-0.4, -0.2) is 57.7 Å². The summed E-state index contributed by atoms with van der Waals surface area (Å²) < 4.78 is 14.2. The van der Waals surface area contributed by atoms with Gasteiger partial charge < -0.3 is 24.0 Å². The molecule has 0 spiro atoms. The maximum atomic E-state index is 13.5. The van der Waals surface area contributed by atoms with Crippen molar-refractivity contribution in [2.75, 3.05) is 20.2 Å². The summed E-state index contributed by atoms with van der Waals surface area (Å²) in [6.45, 7) is 1.67. The normalized spacial score (nSPS) is 15.9. The smallest absolute Gasteiger partial charge is 0.335 e. The van der Waals surface area contributed by atoms with Gasteiger partial charge in [0.2, 0.25) is 0 Å². The average molecular weight is 644 g/mol. The Morgan fingerprint density at radius 3 is 2.25 bits per heavy atom. The van der Waals surface area contributed by atoms with Crippen LogP contribution in [-0.2, 0) is 11.3 Å². The lowest BCUT2D eigenvalue weighted by Gasteiger charge is -2.31. The van der Waals surface area contributed by atoms with Crippen LogP contribution in [0.2, 0.25) is 0 Å². The van der Waals surface area contributed by atoms with Crippen molar-refractivity contribution >= 4 is 22.9 Å². The molecule has 8 nitrogen and oxygen atoms in total. The van der Waals surface area contributed by atoms with Crippen LogP contribution >= 0.6 is 0 Å². The Morgan fingerprint density at radius 1 is 0.812 bits per heavy atom. The molecule has 1 amide bonds. The van der Waals surface area contributed by atoms with Crippen LogP contribution in [0.4, 0.5) is 0 Å². The summed E-state index contributed by atoms with van der Waals surface area (Å²) in [6.07, 6.45) is 7.65. The lowest BCUT2D eigenvalue weighted by atomic mass is 9.95. The van der Waals surface area contributed by atoms with Crippen molar-refractivity contribution in [2.24, 2.45) is 0 Å². The number of carboxylic acid groups (broad SMARTS) is 1. The second-order valence-electron chi connectivity index (χ2n) is 12.9. The number of ether oxygens (including phenoxy) is 2. The van der Waals surface area contributed by atoms with Crippen LogP contribution < -0.4 is 4.74 Å². The Bertz CT molecular complexity index is 1900. The van der Waals surface area contributed by atoms with E-state index in [1.54, 1.807) is 19.2 Å². The Labute approximate surface area is 280 Å². The zero-order chi connectivity index (χ0) is 33.0. The van der Waals surface area contributed by atoms with E-state index in [0.717, 1.165) is 59.3 Å². The summed E-state index contributed by atoms with van der Waals surface area (Å²) in [7, 11) is 1.73. The number of carbonyl (C=O) groups is 2. The zero-order valence-electron chi connectivity index (χ0n) is 27.3. The first-order valence-corrected chi connectivity index (χ1v) is 17.0. The van der Waals surface area contributed by atoms with E-state index in [1.165, 1.54) is 19.3 Å². The fraction of sp³-hybridized carbons (Fsp3) is 0.325. The topological polar surface area (TPSA) is 93.9 Å². The van der Waals surface area contributed by atoms with E-state index in [2.05, 4.69) is 16.7 Å². The van der Waals surface area contributed by atoms with Gasteiger partial charge in [0.1, 0.15) is 18.2 Å². The molecule has 0 atom stereocenters. The predicted molar refractivity (Wildman–Crippen MR) is 186 cm³/mol. The van der Waals surface area contributed by atoms with E-state index in [1.807, 2.05) is 71.6 Å². The van der Waals surface area contributed by atoms with Gasteiger partial charge in [-0.2, -0.15) is 0 Å². The molecule has 7 rings (SSSR count). The molecule has 2 fully saturated rings. The first kappa shape index (κ1) is 31.6. The fourth-order valence-electron chi connectivity index (χ4n) is 7.23. The molecule has 1 saturated heterocycles. The number of hydrogen-bond acceptors (Lipinski definition) is 5. The van der Waals surface area contributed by atoms with Gasteiger partial charge in [0.05, 0.1) is 22.7 Å². The molecule has 48 heavy (non-hydrogen) atoms. The average Bonchev–Trinajstić information content (AvgIpc) is 3.53. The van der Waals surface area contributed by atoms with Gasteiger partial charge in [0, 0.05) is 37.4 Å². The minimum absolute atomic E-state index is 0.0334. The van der Waals surface area contributed by atoms with Gasteiger partial charge in [0.15, 0.2) is 0 Å². The largest absolute Gasteiger partial charge is 0.489 e. The summed E-state index contributed by atoms with van der Waals surface area (Å²) in [5.74, 6) is 0.637. The number of methoxy groups -OCH3 is 1. The third kappa shape index (κ3) is 6.58. The number of amides is 1. The standard InChI is InChI=1S/C40H41N3O5/c1-47-33-20-22-42(23-21-33)39(44)29-14-18-35(27-8-4-2-5-9-27)31(24-29)26-48-34-16-12-28(13-17-34)38-41-36-25-30(40(45)46)15-19-37(36)43(38)32-10-6-3-7-11-32/h2,4-5,8-9,12-19,24-25,32-33H,3,6-7,10-11,20-23,26H2,1H3,(H,45,46). The highest BCUT2D eigenvalue weighted by Crippen LogP contribution is 2.37. The lowest BCUT2D eigenvalue weighted by Crippen LogP contribution is -2.40. The van der Waals surface area contributed by atoms with Crippen LogP contribution in [0.25, 0.3) is 33.5 Å².